The van der Waals surface area contributed by atoms with Crippen LogP contribution in [0.2, 0.25) is 0 Å². The Balaban J connectivity index is 1.63. The molecule has 0 saturated carbocycles. The fourth-order valence-corrected chi connectivity index (χ4v) is 5.38. The Hall–Kier alpha value is -0.520. The Labute approximate surface area is 255 Å². The summed E-state index contributed by atoms with van der Waals surface area (Å²) in [6.07, 6.45) is -0.128. The lowest BCUT2D eigenvalue weighted by Gasteiger charge is -2.46. The molecule has 2 rings (SSSR count). The lowest BCUT2D eigenvalue weighted by atomic mass is 9.97. The van der Waals surface area contributed by atoms with Crippen LogP contribution < -0.4 is 0 Å². The van der Waals surface area contributed by atoms with Gasteiger partial charge in [-0.15, -0.1) is 0 Å². The number of hydrogen-bond acceptors (Lipinski definition) is 13. The van der Waals surface area contributed by atoms with Crippen LogP contribution in [0, 0.1) is 0 Å². The molecule has 8 N–H and O–H groups in total. The molecule has 0 spiro atoms. The molecule has 43 heavy (non-hydrogen) atoms. The molecular weight excluding hydrogens is 568 g/mol. The summed E-state index contributed by atoms with van der Waals surface area (Å²) in [7, 11) is 0. The second-order valence-electron chi connectivity index (χ2n) is 11.8. The molecule has 0 aliphatic carbocycles. The average molecular weight is 627 g/mol. The van der Waals surface area contributed by atoms with Crippen molar-refractivity contribution in [1.29, 1.82) is 0 Å². The summed E-state index contributed by atoms with van der Waals surface area (Å²) in [6.45, 7) is 1.13. The van der Waals surface area contributed by atoms with Gasteiger partial charge in [0.1, 0.15) is 54.9 Å². The van der Waals surface area contributed by atoms with Gasteiger partial charge < -0.3 is 64.5 Å². The summed E-state index contributed by atoms with van der Waals surface area (Å²) < 4.78 is 27.3. The molecular formula is C30H58O13. The smallest absolute Gasteiger partial charge is 0.187 e. The van der Waals surface area contributed by atoms with E-state index < -0.39 is 80.7 Å². The van der Waals surface area contributed by atoms with Crippen molar-refractivity contribution in [1.82, 2.24) is 0 Å². The topological polar surface area (TPSA) is 208 Å². The molecule has 2 aliphatic heterocycles. The van der Waals surface area contributed by atoms with Crippen LogP contribution in [-0.4, -0.2) is 141 Å². The maximum Gasteiger partial charge on any atom is 0.187 e. The predicted octanol–water partition coefficient (Wildman–Crippen LogP) is 0.0958. The maximum absolute atomic E-state index is 10.8. The van der Waals surface area contributed by atoms with Crippen LogP contribution in [0.1, 0.15) is 90.4 Å². The molecule has 0 radical (unpaired) electrons. The van der Waals surface area contributed by atoms with E-state index in [1.807, 2.05) is 0 Å². The van der Waals surface area contributed by atoms with Crippen molar-refractivity contribution < 1.29 is 64.5 Å². The van der Waals surface area contributed by atoms with Gasteiger partial charge in [-0.2, -0.15) is 0 Å². The van der Waals surface area contributed by atoms with Crippen LogP contribution in [0.15, 0.2) is 0 Å². The highest BCUT2D eigenvalue weighted by atomic mass is 16.7. The van der Waals surface area contributed by atoms with E-state index in [1.54, 1.807) is 0 Å². The molecule has 11 unspecified atom stereocenters. The molecule has 0 aromatic rings. The first-order valence-electron chi connectivity index (χ1n) is 16.2. The van der Waals surface area contributed by atoms with Crippen LogP contribution in [0.5, 0.6) is 0 Å². The van der Waals surface area contributed by atoms with E-state index in [0.717, 1.165) is 19.3 Å². The third-order valence-corrected chi connectivity index (χ3v) is 8.12. The number of rotatable bonds is 23. The van der Waals surface area contributed by atoms with E-state index in [1.165, 1.54) is 64.2 Å². The average Bonchev–Trinajstić information content (AvgIpc) is 3.00. The molecule has 2 fully saturated rings. The first kappa shape index (κ1) is 38.7. The van der Waals surface area contributed by atoms with Crippen LogP contribution >= 0.6 is 0 Å². The zero-order chi connectivity index (χ0) is 31.6. The van der Waals surface area contributed by atoms with E-state index >= 15 is 0 Å². The van der Waals surface area contributed by atoms with Gasteiger partial charge in [0.15, 0.2) is 12.6 Å². The third kappa shape index (κ3) is 13.4. The number of hydrogen-bond donors (Lipinski definition) is 8. The predicted molar refractivity (Wildman–Crippen MR) is 155 cm³/mol. The van der Waals surface area contributed by atoms with Crippen molar-refractivity contribution in [2.75, 3.05) is 33.0 Å². The first-order valence-corrected chi connectivity index (χ1v) is 16.2. The molecule has 256 valence electrons. The van der Waals surface area contributed by atoms with Crippen LogP contribution in [0.3, 0.4) is 0 Å². The number of aliphatic hydroxyl groups is 8. The summed E-state index contributed by atoms with van der Waals surface area (Å²) in [5.74, 6) is 0. The second kappa shape index (κ2) is 22.1. The number of unbranched alkanes of at least 4 members (excludes halogenated alkanes) is 12. The van der Waals surface area contributed by atoms with E-state index in [0.29, 0.717) is 6.61 Å². The summed E-state index contributed by atoms with van der Waals surface area (Å²) in [6, 6.07) is 0. The molecule has 2 heterocycles. The van der Waals surface area contributed by atoms with Gasteiger partial charge in [0.25, 0.3) is 0 Å². The van der Waals surface area contributed by atoms with Crippen molar-refractivity contribution in [2.45, 2.75) is 158 Å². The third-order valence-electron chi connectivity index (χ3n) is 8.12. The van der Waals surface area contributed by atoms with Crippen LogP contribution in [-0.2, 0) is 23.7 Å². The molecule has 13 nitrogen and oxygen atoms in total. The minimum atomic E-state index is -1.76. The number of ether oxygens (including phenoxy) is 5. The van der Waals surface area contributed by atoms with Crippen molar-refractivity contribution >= 4 is 0 Å². The van der Waals surface area contributed by atoms with Gasteiger partial charge in [-0.25, -0.2) is 0 Å². The van der Waals surface area contributed by atoms with Gasteiger partial charge in [-0.3, -0.25) is 0 Å². The Morgan fingerprint density at radius 2 is 1.09 bits per heavy atom. The van der Waals surface area contributed by atoms with E-state index in [2.05, 4.69) is 6.92 Å². The van der Waals surface area contributed by atoms with Gasteiger partial charge in [0.2, 0.25) is 0 Å². The molecule has 0 bridgehead atoms. The highest BCUT2D eigenvalue weighted by Crippen LogP contribution is 2.29. The van der Waals surface area contributed by atoms with Gasteiger partial charge in [0.05, 0.1) is 26.4 Å². The summed E-state index contributed by atoms with van der Waals surface area (Å²) in [5.41, 5.74) is 0. The first-order chi connectivity index (χ1) is 20.7. The minimum Gasteiger partial charge on any atom is -0.394 e. The highest BCUT2D eigenvalue weighted by Gasteiger charge is 2.50. The van der Waals surface area contributed by atoms with Gasteiger partial charge in [-0.1, -0.05) is 84.0 Å². The van der Waals surface area contributed by atoms with Crippen molar-refractivity contribution in [3.8, 4) is 0 Å². The van der Waals surface area contributed by atoms with E-state index in [-0.39, 0.29) is 13.2 Å². The zero-order valence-corrected chi connectivity index (χ0v) is 25.7. The van der Waals surface area contributed by atoms with Crippen molar-refractivity contribution in [3.05, 3.63) is 0 Å². The lowest BCUT2D eigenvalue weighted by Crippen LogP contribution is -2.65. The molecule has 2 saturated heterocycles. The largest absolute Gasteiger partial charge is 0.394 e. The molecule has 0 aromatic carbocycles. The molecule has 11 atom stereocenters. The molecule has 0 amide bonds. The standard InChI is InChI=1S/C30H58O13/c1-2-3-4-5-6-7-8-9-10-11-12-13-14-15-39-18-20(33)19-40-29-27(38)28(24(35)22(17-32)41-29)43-30-26(37)25(36)23(34)21(16-31)42-30/h20-38H,2-19H2,1H3. The van der Waals surface area contributed by atoms with Crippen molar-refractivity contribution in [3.63, 3.8) is 0 Å². The van der Waals surface area contributed by atoms with Gasteiger partial charge in [-0.05, 0) is 6.42 Å². The Kier molecular flexibility index (Phi) is 19.9. The quantitative estimate of drug-likeness (QED) is 0.0709. The highest BCUT2D eigenvalue weighted by molar-refractivity contribution is 4.94. The van der Waals surface area contributed by atoms with Crippen LogP contribution in [0.25, 0.3) is 0 Å². The minimum absolute atomic E-state index is 0.0118. The van der Waals surface area contributed by atoms with Gasteiger partial charge in [0, 0.05) is 6.61 Å². The maximum atomic E-state index is 10.8. The van der Waals surface area contributed by atoms with Gasteiger partial charge >= 0.3 is 0 Å². The van der Waals surface area contributed by atoms with Crippen molar-refractivity contribution in [2.24, 2.45) is 0 Å². The fourth-order valence-electron chi connectivity index (χ4n) is 5.38. The van der Waals surface area contributed by atoms with Crippen LogP contribution in [0.4, 0.5) is 0 Å². The van der Waals surface area contributed by atoms with E-state index in [9.17, 15) is 40.9 Å². The molecule has 0 aromatic heterocycles. The SMILES string of the molecule is CCCCCCCCCCCCCCCOCC(O)COC1OC(CO)C(O)C(OC2OC(CO)C(O)C(O)C2O)C1O. The van der Waals surface area contributed by atoms with E-state index in [4.69, 9.17) is 23.7 Å². The monoisotopic (exact) mass is 626 g/mol. The molecule has 2 aliphatic rings. The molecule has 13 heteroatoms. The lowest BCUT2D eigenvalue weighted by molar-refractivity contribution is -0.361. The zero-order valence-electron chi connectivity index (χ0n) is 25.7. The Morgan fingerprint density at radius 3 is 1.65 bits per heavy atom. The Bertz CT molecular complexity index is 686. The second-order valence-corrected chi connectivity index (χ2v) is 11.8. The normalized spacial score (nSPS) is 34.0. The fraction of sp³-hybridized carbons (Fsp3) is 1.00. The summed E-state index contributed by atoms with van der Waals surface area (Å²) >= 11 is 0. The number of aliphatic hydroxyl groups excluding tert-OH is 8. The summed E-state index contributed by atoms with van der Waals surface area (Å²) in [4.78, 5) is 0. The summed E-state index contributed by atoms with van der Waals surface area (Å²) in [5, 5.41) is 80.8. The Morgan fingerprint density at radius 1 is 0.581 bits per heavy atom.